The van der Waals surface area contributed by atoms with Crippen LogP contribution in [0.5, 0.6) is 0 Å². The Labute approximate surface area is 93.5 Å². The first-order chi connectivity index (χ1) is 7.90. The molecule has 0 aliphatic carbocycles. The van der Waals surface area contributed by atoms with E-state index in [0.29, 0.717) is 0 Å². The summed E-state index contributed by atoms with van der Waals surface area (Å²) in [7, 11) is 0. The third-order valence-corrected chi connectivity index (χ3v) is 2.17. The van der Waals surface area contributed by atoms with Gasteiger partial charge >= 0.3 is 0 Å². The van der Waals surface area contributed by atoms with E-state index in [1.54, 1.807) is 18.5 Å². The number of hydrogen-bond donors (Lipinski definition) is 0. The average molecular weight is 210 g/mol. The second-order valence-electron chi connectivity index (χ2n) is 3.24. The number of allylic oxidation sites excluding steroid dienone is 1. The first-order valence-corrected chi connectivity index (χ1v) is 4.87. The predicted molar refractivity (Wildman–Crippen MR) is 62.6 cm³/mol. The van der Waals surface area contributed by atoms with E-state index in [1.807, 2.05) is 24.3 Å². The lowest BCUT2D eigenvalue weighted by Gasteiger charge is -2.00. The highest BCUT2D eigenvalue weighted by molar-refractivity contribution is 5.74. The smallest absolute Gasteiger partial charge is 0.142 e. The molecule has 16 heavy (non-hydrogen) atoms. The Bertz CT molecular complexity index is 489. The third-order valence-electron chi connectivity index (χ3n) is 2.17. The van der Waals surface area contributed by atoms with Gasteiger partial charge in [0, 0.05) is 18.0 Å². The van der Waals surface area contributed by atoms with Gasteiger partial charge in [0.2, 0.25) is 0 Å². The maximum Gasteiger partial charge on any atom is 0.142 e. The molecule has 0 aliphatic rings. The Kier molecular flexibility index (Phi) is 3.18. The fourth-order valence-electron chi connectivity index (χ4n) is 1.39. The van der Waals surface area contributed by atoms with Crippen LogP contribution in [0.1, 0.15) is 5.56 Å². The first-order valence-electron chi connectivity index (χ1n) is 4.87. The molecule has 1 aromatic carbocycles. The van der Waals surface area contributed by atoms with E-state index in [9.17, 15) is 4.79 Å². The van der Waals surface area contributed by atoms with Crippen molar-refractivity contribution in [3.05, 3.63) is 54.6 Å². The van der Waals surface area contributed by atoms with Crippen molar-refractivity contribution in [1.29, 1.82) is 0 Å². The van der Waals surface area contributed by atoms with Crippen LogP contribution < -0.4 is 0 Å². The van der Waals surface area contributed by atoms with Crippen LogP contribution in [-0.4, -0.2) is 16.3 Å². The van der Waals surface area contributed by atoms with Crippen molar-refractivity contribution in [3.63, 3.8) is 0 Å². The number of carbonyl (C=O) groups is 1. The van der Waals surface area contributed by atoms with Crippen LogP contribution in [0, 0.1) is 0 Å². The van der Waals surface area contributed by atoms with Gasteiger partial charge < -0.3 is 0 Å². The first kappa shape index (κ1) is 10.2. The lowest BCUT2D eigenvalue weighted by molar-refractivity contribution is -0.104. The summed E-state index contributed by atoms with van der Waals surface area (Å²) < 4.78 is 0. The number of hydrogen-bond acceptors (Lipinski definition) is 3. The number of nitrogens with zero attached hydrogens (tertiary/aromatic N) is 2. The second-order valence-corrected chi connectivity index (χ2v) is 3.24. The number of benzene rings is 1. The van der Waals surface area contributed by atoms with Crippen LogP contribution in [0.2, 0.25) is 0 Å². The van der Waals surface area contributed by atoms with Crippen molar-refractivity contribution in [2.45, 2.75) is 0 Å². The van der Waals surface area contributed by atoms with Crippen molar-refractivity contribution < 1.29 is 4.79 Å². The molecule has 0 bridgehead atoms. The van der Waals surface area contributed by atoms with E-state index in [1.165, 1.54) is 12.4 Å². The van der Waals surface area contributed by atoms with Crippen molar-refractivity contribution in [1.82, 2.24) is 9.97 Å². The summed E-state index contributed by atoms with van der Waals surface area (Å²) in [5.74, 6) is 0. The van der Waals surface area contributed by atoms with Gasteiger partial charge in [-0.05, 0) is 17.2 Å². The molecule has 1 aromatic heterocycles. The Balaban J connectivity index is 2.26. The molecule has 0 N–H and O–H groups in total. The summed E-state index contributed by atoms with van der Waals surface area (Å²) in [4.78, 5) is 18.1. The summed E-state index contributed by atoms with van der Waals surface area (Å²) in [5, 5.41) is 0. The third kappa shape index (κ3) is 2.39. The quantitative estimate of drug-likeness (QED) is 0.577. The van der Waals surface area contributed by atoms with E-state index < -0.39 is 0 Å². The Morgan fingerprint density at radius 2 is 1.62 bits per heavy atom. The van der Waals surface area contributed by atoms with Gasteiger partial charge in [-0.3, -0.25) is 4.79 Å². The summed E-state index contributed by atoms with van der Waals surface area (Å²) >= 11 is 0. The highest BCUT2D eigenvalue weighted by Gasteiger charge is 1.96. The SMILES string of the molecule is O=CC=Cc1ccc(-c2cncnc2)cc1. The van der Waals surface area contributed by atoms with Gasteiger partial charge in [0.25, 0.3) is 0 Å². The summed E-state index contributed by atoms with van der Waals surface area (Å²) in [6.45, 7) is 0. The molecule has 0 unspecified atom stereocenters. The maximum atomic E-state index is 10.2. The molecular formula is C13H10N2O. The molecule has 0 spiro atoms. The zero-order valence-electron chi connectivity index (χ0n) is 8.58. The summed E-state index contributed by atoms with van der Waals surface area (Å²) in [6, 6.07) is 7.84. The largest absolute Gasteiger partial charge is 0.299 e. The molecule has 3 nitrogen and oxygen atoms in total. The van der Waals surface area contributed by atoms with E-state index >= 15 is 0 Å². The Morgan fingerprint density at radius 3 is 2.25 bits per heavy atom. The average Bonchev–Trinajstić information content (AvgIpc) is 2.38. The van der Waals surface area contributed by atoms with Crippen molar-refractivity contribution in [2.24, 2.45) is 0 Å². The lowest BCUT2D eigenvalue weighted by Crippen LogP contribution is -1.82. The fraction of sp³-hybridized carbons (Fsp3) is 0. The molecule has 0 fully saturated rings. The standard InChI is InChI=1S/C13H10N2O/c16-7-1-2-11-3-5-12(6-4-11)13-8-14-10-15-9-13/h1-10H. The molecule has 0 atom stereocenters. The van der Waals surface area contributed by atoms with Crippen LogP contribution in [-0.2, 0) is 4.79 Å². The van der Waals surface area contributed by atoms with Gasteiger partial charge in [-0.2, -0.15) is 0 Å². The molecular weight excluding hydrogens is 200 g/mol. The number of rotatable bonds is 3. The highest BCUT2D eigenvalue weighted by atomic mass is 16.1. The predicted octanol–water partition coefficient (Wildman–Crippen LogP) is 2.36. The molecule has 1 heterocycles. The molecule has 2 aromatic rings. The number of aromatic nitrogens is 2. The molecule has 0 saturated heterocycles. The zero-order chi connectivity index (χ0) is 11.2. The molecule has 3 heteroatoms. The van der Waals surface area contributed by atoms with Crippen LogP contribution in [0.4, 0.5) is 0 Å². The fourth-order valence-corrected chi connectivity index (χ4v) is 1.39. The van der Waals surface area contributed by atoms with E-state index in [4.69, 9.17) is 0 Å². The van der Waals surface area contributed by atoms with Crippen molar-refractivity contribution >= 4 is 12.4 Å². The van der Waals surface area contributed by atoms with Gasteiger partial charge in [-0.1, -0.05) is 30.3 Å². The van der Waals surface area contributed by atoms with Crippen molar-refractivity contribution in [3.8, 4) is 11.1 Å². The van der Waals surface area contributed by atoms with Crippen LogP contribution in [0.25, 0.3) is 17.2 Å². The topological polar surface area (TPSA) is 42.9 Å². The number of aldehydes is 1. The van der Waals surface area contributed by atoms with Crippen LogP contribution >= 0.6 is 0 Å². The second kappa shape index (κ2) is 4.98. The van der Waals surface area contributed by atoms with Crippen LogP contribution in [0.15, 0.2) is 49.1 Å². The van der Waals surface area contributed by atoms with Crippen LogP contribution in [0.3, 0.4) is 0 Å². The Morgan fingerprint density at radius 1 is 0.938 bits per heavy atom. The number of carbonyl (C=O) groups excluding carboxylic acids is 1. The monoisotopic (exact) mass is 210 g/mol. The molecule has 2 rings (SSSR count). The lowest BCUT2D eigenvalue weighted by atomic mass is 10.1. The van der Waals surface area contributed by atoms with Gasteiger partial charge in [-0.15, -0.1) is 0 Å². The molecule has 78 valence electrons. The minimum Gasteiger partial charge on any atom is -0.299 e. The van der Waals surface area contributed by atoms with Gasteiger partial charge in [-0.25, -0.2) is 9.97 Å². The van der Waals surface area contributed by atoms with Gasteiger partial charge in [0.05, 0.1) is 0 Å². The highest BCUT2D eigenvalue weighted by Crippen LogP contribution is 2.17. The van der Waals surface area contributed by atoms with E-state index in [2.05, 4.69) is 9.97 Å². The summed E-state index contributed by atoms with van der Waals surface area (Å²) in [5.41, 5.74) is 3.03. The molecule has 0 saturated carbocycles. The molecule has 0 radical (unpaired) electrons. The minimum atomic E-state index is 0.763. The van der Waals surface area contributed by atoms with Gasteiger partial charge in [0.1, 0.15) is 12.6 Å². The normalized spacial score (nSPS) is 10.5. The van der Waals surface area contributed by atoms with Crippen molar-refractivity contribution in [2.75, 3.05) is 0 Å². The van der Waals surface area contributed by atoms with E-state index in [0.717, 1.165) is 23.0 Å². The zero-order valence-corrected chi connectivity index (χ0v) is 8.58. The molecule has 0 amide bonds. The maximum absolute atomic E-state index is 10.2. The Hall–Kier alpha value is -2.29. The van der Waals surface area contributed by atoms with E-state index in [-0.39, 0.29) is 0 Å². The minimum absolute atomic E-state index is 0.763. The van der Waals surface area contributed by atoms with Gasteiger partial charge in [0.15, 0.2) is 0 Å². The molecule has 0 aliphatic heterocycles. The summed E-state index contributed by atoms with van der Waals surface area (Å²) in [6.07, 6.45) is 9.04.